The Morgan fingerprint density at radius 1 is 1.37 bits per heavy atom. The van der Waals surface area contributed by atoms with Gasteiger partial charge >= 0.3 is 0 Å². The summed E-state index contributed by atoms with van der Waals surface area (Å²) >= 11 is 0. The molecule has 2 N–H and O–H groups in total. The Kier molecular flexibility index (Phi) is 4.22. The molecule has 0 aliphatic carbocycles. The average Bonchev–Trinajstić information content (AvgIpc) is 2.74. The predicted molar refractivity (Wildman–Crippen MR) is 76.2 cm³/mol. The van der Waals surface area contributed by atoms with Crippen molar-refractivity contribution < 1.29 is 9.52 Å². The van der Waals surface area contributed by atoms with Gasteiger partial charge in [-0.3, -0.25) is 0 Å². The quantitative estimate of drug-likeness (QED) is 0.784. The standard InChI is InChI=1S/C15H22N2O2/c1-11-17-13-8-12(4-5-14(13)19-11)6-7-16-9-15(2,3)10-18/h4-5,8,16,18H,6-7,9-10H2,1-3H3. The fraction of sp³-hybridized carbons (Fsp3) is 0.533. The maximum Gasteiger partial charge on any atom is 0.192 e. The van der Waals surface area contributed by atoms with Crippen LogP contribution in [0.25, 0.3) is 11.1 Å². The molecule has 1 heterocycles. The molecule has 0 amide bonds. The Hall–Kier alpha value is -1.39. The molecule has 0 unspecified atom stereocenters. The molecular formula is C15H22N2O2. The van der Waals surface area contributed by atoms with Gasteiger partial charge in [0.05, 0.1) is 0 Å². The third-order valence-electron chi connectivity index (χ3n) is 3.18. The molecule has 2 rings (SSSR count). The fourth-order valence-corrected chi connectivity index (χ4v) is 1.96. The molecule has 0 atom stereocenters. The lowest BCUT2D eigenvalue weighted by molar-refractivity contribution is 0.157. The molecule has 0 aliphatic heterocycles. The molecule has 2 aromatic rings. The van der Waals surface area contributed by atoms with E-state index in [1.54, 1.807) is 0 Å². The number of aliphatic hydroxyl groups is 1. The van der Waals surface area contributed by atoms with Crippen molar-refractivity contribution in [3.8, 4) is 0 Å². The van der Waals surface area contributed by atoms with Crippen molar-refractivity contribution in [1.29, 1.82) is 0 Å². The van der Waals surface area contributed by atoms with Crippen LogP contribution >= 0.6 is 0 Å². The summed E-state index contributed by atoms with van der Waals surface area (Å²) in [6.07, 6.45) is 0.948. The van der Waals surface area contributed by atoms with Gasteiger partial charge < -0.3 is 14.8 Å². The van der Waals surface area contributed by atoms with Crippen molar-refractivity contribution in [2.24, 2.45) is 5.41 Å². The lowest BCUT2D eigenvalue weighted by atomic mass is 9.95. The highest BCUT2D eigenvalue weighted by molar-refractivity contribution is 5.73. The third kappa shape index (κ3) is 3.78. The molecule has 104 valence electrons. The van der Waals surface area contributed by atoms with E-state index in [1.807, 2.05) is 26.8 Å². The zero-order valence-electron chi connectivity index (χ0n) is 11.9. The smallest absolute Gasteiger partial charge is 0.192 e. The van der Waals surface area contributed by atoms with Crippen molar-refractivity contribution in [3.05, 3.63) is 29.7 Å². The summed E-state index contributed by atoms with van der Waals surface area (Å²) in [5.74, 6) is 0.704. The van der Waals surface area contributed by atoms with Gasteiger partial charge in [-0.2, -0.15) is 0 Å². The summed E-state index contributed by atoms with van der Waals surface area (Å²) in [6, 6.07) is 6.12. The number of hydrogen-bond donors (Lipinski definition) is 2. The number of nitrogens with one attached hydrogen (secondary N) is 1. The van der Waals surface area contributed by atoms with E-state index in [9.17, 15) is 5.11 Å². The lowest BCUT2D eigenvalue weighted by Gasteiger charge is -2.21. The van der Waals surface area contributed by atoms with Crippen molar-refractivity contribution in [1.82, 2.24) is 10.3 Å². The summed E-state index contributed by atoms with van der Waals surface area (Å²) in [4.78, 5) is 4.33. The second-order valence-corrected chi connectivity index (χ2v) is 5.78. The van der Waals surface area contributed by atoms with Crippen LogP contribution in [0.5, 0.6) is 0 Å². The lowest BCUT2D eigenvalue weighted by Crippen LogP contribution is -2.33. The molecule has 4 heteroatoms. The molecular weight excluding hydrogens is 240 g/mol. The minimum Gasteiger partial charge on any atom is -0.441 e. The van der Waals surface area contributed by atoms with Gasteiger partial charge in [-0.05, 0) is 30.7 Å². The van der Waals surface area contributed by atoms with Crippen LogP contribution in [-0.2, 0) is 6.42 Å². The molecule has 0 aliphatic rings. The van der Waals surface area contributed by atoms with Crippen LogP contribution in [0.4, 0.5) is 0 Å². The molecule has 0 saturated heterocycles. The first kappa shape index (κ1) is 14.0. The second kappa shape index (κ2) is 5.72. The molecule has 1 aromatic carbocycles. The Balaban J connectivity index is 1.88. The van der Waals surface area contributed by atoms with Crippen LogP contribution in [0.3, 0.4) is 0 Å². The van der Waals surface area contributed by atoms with Gasteiger partial charge in [0.2, 0.25) is 0 Å². The molecule has 0 fully saturated rings. The third-order valence-corrected chi connectivity index (χ3v) is 3.18. The Morgan fingerprint density at radius 3 is 2.89 bits per heavy atom. The Bertz CT molecular complexity index is 546. The maximum absolute atomic E-state index is 9.17. The topological polar surface area (TPSA) is 58.3 Å². The van der Waals surface area contributed by atoms with E-state index in [4.69, 9.17) is 4.42 Å². The van der Waals surface area contributed by atoms with Gasteiger partial charge in [0.15, 0.2) is 11.5 Å². The molecule has 0 saturated carbocycles. The fourth-order valence-electron chi connectivity index (χ4n) is 1.96. The number of aryl methyl sites for hydroxylation is 1. The van der Waals surface area contributed by atoms with Gasteiger partial charge in [0.25, 0.3) is 0 Å². The van der Waals surface area contributed by atoms with Crippen LogP contribution in [0.2, 0.25) is 0 Å². The van der Waals surface area contributed by atoms with Gasteiger partial charge in [-0.15, -0.1) is 0 Å². The Labute approximate surface area is 113 Å². The molecule has 0 radical (unpaired) electrons. The molecule has 4 nitrogen and oxygen atoms in total. The summed E-state index contributed by atoms with van der Waals surface area (Å²) in [5.41, 5.74) is 2.95. The number of benzene rings is 1. The van der Waals surface area contributed by atoms with E-state index in [-0.39, 0.29) is 12.0 Å². The second-order valence-electron chi connectivity index (χ2n) is 5.78. The van der Waals surface area contributed by atoms with E-state index in [0.717, 1.165) is 30.6 Å². The van der Waals surface area contributed by atoms with Gasteiger partial charge in [-0.1, -0.05) is 19.9 Å². The first-order valence-corrected chi connectivity index (χ1v) is 6.68. The SMILES string of the molecule is Cc1nc2cc(CCNCC(C)(C)CO)ccc2o1. The van der Waals surface area contributed by atoms with E-state index < -0.39 is 0 Å². The normalized spacial score (nSPS) is 12.2. The minimum atomic E-state index is -0.0623. The number of oxazole rings is 1. The van der Waals surface area contributed by atoms with Gasteiger partial charge in [0, 0.05) is 25.5 Å². The summed E-state index contributed by atoms with van der Waals surface area (Å²) < 4.78 is 5.45. The molecule has 1 aromatic heterocycles. The largest absolute Gasteiger partial charge is 0.441 e. The highest BCUT2D eigenvalue weighted by Gasteiger charge is 2.15. The molecule has 0 bridgehead atoms. The number of rotatable bonds is 6. The Morgan fingerprint density at radius 2 is 2.16 bits per heavy atom. The van der Waals surface area contributed by atoms with Crippen LogP contribution < -0.4 is 5.32 Å². The zero-order chi connectivity index (χ0) is 13.9. The summed E-state index contributed by atoms with van der Waals surface area (Å²) in [6.45, 7) is 7.86. The maximum atomic E-state index is 9.17. The number of aromatic nitrogens is 1. The van der Waals surface area contributed by atoms with Crippen LogP contribution in [0.1, 0.15) is 25.3 Å². The van der Waals surface area contributed by atoms with Crippen molar-refractivity contribution in [2.75, 3.05) is 19.7 Å². The number of nitrogens with zero attached hydrogens (tertiary/aromatic N) is 1. The molecule has 0 spiro atoms. The number of aliphatic hydroxyl groups excluding tert-OH is 1. The van der Waals surface area contributed by atoms with Crippen molar-refractivity contribution in [2.45, 2.75) is 27.2 Å². The van der Waals surface area contributed by atoms with Crippen LogP contribution in [0, 0.1) is 12.3 Å². The van der Waals surface area contributed by atoms with E-state index in [0.29, 0.717) is 5.89 Å². The first-order chi connectivity index (χ1) is 9.00. The minimum absolute atomic E-state index is 0.0623. The van der Waals surface area contributed by atoms with Crippen molar-refractivity contribution in [3.63, 3.8) is 0 Å². The zero-order valence-corrected chi connectivity index (χ0v) is 11.9. The monoisotopic (exact) mass is 262 g/mol. The molecule has 19 heavy (non-hydrogen) atoms. The predicted octanol–water partition coefficient (Wildman–Crippen LogP) is 2.29. The highest BCUT2D eigenvalue weighted by Crippen LogP contribution is 2.17. The van der Waals surface area contributed by atoms with Crippen LogP contribution in [0.15, 0.2) is 22.6 Å². The average molecular weight is 262 g/mol. The summed E-state index contributed by atoms with van der Waals surface area (Å²) in [7, 11) is 0. The van der Waals surface area contributed by atoms with Gasteiger partial charge in [0.1, 0.15) is 5.52 Å². The first-order valence-electron chi connectivity index (χ1n) is 6.68. The van der Waals surface area contributed by atoms with Gasteiger partial charge in [-0.25, -0.2) is 4.98 Å². The van der Waals surface area contributed by atoms with E-state index in [2.05, 4.69) is 22.4 Å². The summed E-state index contributed by atoms with van der Waals surface area (Å²) in [5, 5.41) is 12.5. The van der Waals surface area contributed by atoms with E-state index in [1.165, 1.54) is 5.56 Å². The number of fused-ring (bicyclic) bond motifs is 1. The van der Waals surface area contributed by atoms with E-state index >= 15 is 0 Å². The highest BCUT2D eigenvalue weighted by atomic mass is 16.3. The van der Waals surface area contributed by atoms with Crippen LogP contribution in [-0.4, -0.2) is 29.8 Å². The number of hydrogen-bond acceptors (Lipinski definition) is 4. The van der Waals surface area contributed by atoms with Crippen molar-refractivity contribution >= 4 is 11.1 Å².